The van der Waals surface area contributed by atoms with E-state index in [9.17, 15) is 8.42 Å². The van der Waals surface area contributed by atoms with Crippen molar-refractivity contribution in [1.29, 1.82) is 0 Å². The maximum absolute atomic E-state index is 11.8. The van der Waals surface area contributed by atoms with E-state index in [0.717, 1.165) is 29.8 Å². The molecule has 0 spiro atoms. The number of nitrogens with one attached hydrogen (secondary N) is 1. The maximum Gasteiger partial charge on any atom is 0.160 e. The number of hydrogen-bond donors (Lipinski definition) is 1. The van der Waals surface area contributed by atoms with Crippen molar-refractivity contribution in [3.63, 3.8) is 0 Å². The zero-order valence-electron chi connectivity index (χ0n) is 11.7. The summed E-state index contributed by atoms with van der Waals surface area (Å²) in [7, 11) is -2.91. The highest BCUT2D eigenvalue weighted by atomic mass is 32.2. The highest BCUT2D eigenvalue weighted by molar-refractivity contribution is 7.91. The van der Waals surface area contributed by atoms with Gasteiger partial charge in [0.05, 0.1) is 11.5 Å². The normalized spacial score (nSPS) is 25.2. The Morgan fingerprint density at radius 1 is 1.38 bits per heavy atom. The van der Waals surface area contributed by atoms with Crippen molar-refractivity contribution < 1.29 is 8.42 Å². The van der Waals surface area contributed by atoms with Gasteiger partial charge in [-0.1, -0.05) is 0 Å². The molecule has 0 radical (unpaired) electrons. The predicted molar refractivity (Wildman–Crippen MR) is 79.9 cm³/mol. The molecule has 3 heterocycles. The standard InChI is InChI=1S/C14H18N4O2S/c19-21(20)7-6-15-10(9-21)8-13-17-12-2-1-5-16-14(12)18(13)11-3-4-11/h1-2,5,10-11,15H,3-4,6-9H2. The minimum atomic E-state index is -2.91. The molecule has 6 nitrogen and oxygen atoms in total. The lowest BCUT2D eigenvalue weighted by Crippen LogP contribution is -2.46. The molecule has 0 amide bonds. The zero-order valence-corrected chi connectivity index (χ0v) is 12.5. The number of fused-ring (bicyclic) bond motifs is 1. The molecule has 1 aliphatic heterocycles. The van der Waals surface area contributed by atoms with Crippen LogP contribution in [-0.4, -0.2) is 47.0 Å². The Kier molecular flexibility index (Phi) is 3.00. The van der Waals surface area contributed by atoms with Crippen molar-refractivity contribution in [2.45, 2.75) is 31.3 Å². The number of sulfone groups is 1. The molecule has 7 heteroatoms. The fourth-order valence-corrected chi connectivity index (χ4v) is 4.50. The van der Waals surface area contributed by atoms with Crippen LogP contribution in [0, 0.1) is 0 Å². The number of nitrogens with zero attached hydrogens (tertiary/aromatic N) is 3. The van der Waals surface area contributed by atoms with E-state index in [-0.39, 0.29) is 17.5 Å². The Labute approximate surface area is 123 Å². The van der Waals surface area contributed by atoms with Gasteiger partial charge in [-0.3, -0.25) is 0 Å². The zero-order chi connectivity index (χ0) is 14.4. The van der Waals surface area contributed by atoms with E-state index < -0.39 is 9.84 Å². The van der Waals surface area contributed by atoms with Crippen LogP contribution in [0.5, 0.6) is 0 Å². The summed E-state index contributed by atoms with van der Waals surface area (Å²) < 4.78 is 25.8. The lowest BCUT2D eigenvalue weighted by molar-refractivity contribution is 0.500. The summed E-state index contributed by atoms with van der Waals surface area (Å²) in [4.78, 5) is 9.13. The molecule has 2 aromatic heterocycles. The van der Waals surface area contributed by atoms with Gasteiger partial charge in [0.25, 0.3) is 0 Å². The molecule has 2 aliphatic rings. The van der Waals surface area contributed by atoms with Crippen LogP contribution in [0.15, 0.2) is 18.3 Å². The van der Waals surface area contributed by atoms with Crippen molar-refractivity contribution in [2.24, 2.45) is 0 Å². The summed E-state index contributed by atoms with van der Waals surface area (Å²) in [5.74, 6) is 1.40. The largest absolute Gasteiger partial charge is 0.312 e. The molecule has 1 unspecified atom stereocenters. The third-order valence-electron chi connectivity index (χ3n) is 4.16. The van der Waals surface area contributed by atoms with Gasteiger partial charge in [-0.2, -0.15) is 0 Å². The van der Waals surface area contributed by atoms with Crippen molar-refractivity contribution >= 4 is 21.0 Å². The second kappa shape index (κ2) is 4.78. The Balaban J connectivity index is 1.68. The molecule has 1 atom stereocenters. The third-order valence-corrected chi connectivity index (χ3v) is 5.90. The Bertz CT molecular complexity index is 779. The lowest BCUT2D eigenvalue weighted by Gasteiger charge is -2.23. The molecule has 1 aliphatic carbocycles. The Hall–Kier alpha value is -1.47. The van der Waals surface area contributed by atoms with Gasteiger partial charge in [-0.15, -0.1) is 0 Å². The summed E-state index contributed by atoms with van der Waals surface area (Å²) >= 11 is 0. The average molecular weight is 306 g/mol. The smallest absolute Gasteiger partial charge is 0.160 e. The topological polar surface area (TPSA) is 76.9 Å². The molecule has 0 aromatic carbocycles. The van der Waals surface area contributed by atoms with Gasteiger partial charge in [0, 0.05) is 31.2 Å². The highest BCUT2D eigenvalue weighted by Crippen LogP contribution is 2.38. The van der Waals surface area contributed by atoms with Crippen molar-refractivity contribution in [3.8, 4) is 0 Å². The molecule has 1 saturated carbocycles. The van der Waals surface area contributed by atoms with Gasteiger partial charge < -0.3 is 9.88 Å². The van der Waals surface area contributed by atoms with E-state index in [1.807, 2.05) is 12.1 Å². The minimum Gasteiger partial charge on any atom is -0.312 e. The average Bonchev–Trinajstić information content (AvgIpc) is 3.19. The minimum absolute atomic E-state index is 0.0435. The second-order valence-corrected chi connectivity index (χ2v) is 8.17. The third kappa shape index (κ3) is 2.55. The molecular formula is C14H18N4O2S. The van der Waals surface area contributed by atoms with Crippen LogP contribution in [0.3, 0.4) is 0 Å². The number of imidazole rings is 1. The molecule has 21 heavy (non-hydrogen) atoms. The summed E-state index contributed by atoms with van der Waals surface area (Å²) in [6.07, 6.45) is 4.75. The van der Waals surface area contributed by atoms with Crippen LogP contribution in [0.4, 0.5) is 0 Å². The first kappa shape index (κ1) is 13.2. The number of pyridine rings is 1. The van der Waals surface area contributed by atoms with Crippen LogP contribution < -0.4 is 5.32 Å². The van der Waals surface area contributed by atoms with Crippen molar-refractivity contribution in [1.82, 2.24) is 19.9 Å². The van der Waals surface area contributed by atoms with Gasteiger partial charge in [0.1, 0.15) is 11.3 Å². The maximum atomic E-state index is 11.8. The van der Waals surface area contributed by atoms with Gasteiger partial charge in [0.15, 0.2) is 15.5 Å². The SMILES string of the molecule is O=S1(=O)CCNC(Cc2nc3cccnc3n2C2CC2)C1. The highest BCUT2D eigenvalue weighted by Gasteiger charge is 2.31. The van der Waals surface area contributed by atoms with E-state index in [0.29, 0.717) is 19.0 Å². The monoisotopic (exact) mass is 306 g/mol. The Morgan fingerprint density at radius 2 is 2.24 bits per heavy atom. The number of rotatable bonds is 3. The molecule has 4 rings (SSSR count). The van der Waals surface area contributed by atoms with Gasteiger partial charge in [0.2, 0.25) is 0 Å². The quantitative estimate of drug-likeness (QED) is 0.903. The van der Waals surface area contributed by atoms with Gasteiger partial charge in [-0.05, 0) is 25.0 Å². The van der Waals surface area contributed by atoms with E-state index >= 15 is 0 Å². The number of hydrogen-bond acceptors (Lipinski definition) is 5. The van der Waals surface area contributed by atoms with Crippen LogP contribution >= 0.6 is 0 Å². The van der Waals surface area contributed by atoms with Gasteiger partial charge >= 0.3 is 0 Å². The van der Waals surface area contributed by atoms with Crippen molar-refractivity contribution in [3.05, 3.63) is 24.2 Å². The molecular weight excluding hydrogens is 288 g/mol. The molecule has 2 fully saturated rings. The predicted octanol–water partition coefficient (Wildman–Crippen LogP) is 0.695. The fraction of sp³-hybridized carbons (Fsp3) is 0.571. The molecule has 112 valence electrons. The molecule has 1 N–H and O–H groups in total. The first-order valence-electron chi connectivity index (χ1n) is 7.38. The summed E-state index contributed by atoms with van der Waals surface area (Å²) in [5.41, 5.74) is 1.83. The van der Waals surface area contributed by atoms with Crippen molar-refractivity contribution in [2.75, 3.05) is 18.1 Å². The van der Waals surface area contributed by atoms with E-state index in [1.54, 1.807) is 6.20 Å². The van der Waals surface area contributed by atoms with Crippen LogP contribution in [0.1, 0.15) is 24.7 Å². The van der Waals surface area contributed by atoms with Crippen LogP contribution in [0.2, 0.25) is 0 Å². The lowest BCUT2D eigenvalue weighted by atomic mass is 10.2. The Morgan fingerprint density at radius 3 is 3.00 bits per heavy atom. The second-order valence-electron chi connectivity index (χ2n) is 5.94. The molecule has 2 aromatic rings. The van der Waals surface area contributed by atoms with E-state index in [4.69, 9.17) is 0 Å². The first-order chi connectivity index (χ1) is 10.1. The van der Waals surface area contributed by atoms with Crippen LogP contribution in [-0.2, 0) is 16.3 Å². The summed E-state index contributed by atoms with van der Waals surface area (Å²) in [5, 5.41) is 3.30. The molecule has 1 saturated heterocycles. The van der Waals surface area contributed by atoms with Crippen LogP contribution in [0.25, 0.3) is 11.2 Å². The fourth-order valence-electron chi connectivity index (χ4n) is 3.06. The summed E-state index contributed by atoms with van der Waals surface area (Å²) in [6, 6.07) is 4.30. The number of aromatic nitrogens is 3. The molecule has 0 bridgehead atoms. The summed E-state index contributed by atoms with van der Waals surface area (Å²) in [6.45, 7) is 0.537. The first-order valence-corrected chi connectivity index (χ1v) is 9.20. The van der Waals surface area contributed by atoms with E-state index in [1.165, 1.54) is 0 Å². The van der Waals surface area contributed by atoms with Gasteiger partial charge in [-0.25, -0.2) is 18.4 Å². The van der Waals surface area contributed by atoms with E-state index in [2.05, 4.69) is 19.9 Å².